The molecule has 1 fully saturated rings. The van der Waals surface area contributed by atoms with E-state index in [1.54, 1.807) is 0 Å². The molecule has 2 aromatic carbocycles. The number of benzene rings is 2. The molecule has 1 aromatic heterocycles. The number of rotatable bonds is 6. The maximum absolute atomic E-state index is 13.3. The van der Waals surface area contributed by atoms with Crippen molar-refractivity contribution in [2.45, 2.75) is 40.2 Å². The fourth-order valence-corrected chi connectivity index (χ4v) is 4.65. The zero-order valence-corrected chi connectivity index (χ0v) is 19.6. The molecule has 1 aliphatic rings. The Bertz CT molecular complexity index is 1150. The molecule has 2 amide bonds. The van der Waals surface area contributed by atoms with Crippen molar-refractivity contribution in [2.75, 3.05) is 18.4 Å². The number of carbonyl (C=O) groups excluding carboxylic acids is 2. The van der Waals surface area contributed by atoms with Gasteiger partial charge in [0.05, 0.1) is 11.3 Å². The number of carbonyl (C=O) groups is 2. The van der Waals surface area contributed by atoms with Crippen molar-refractivity contribution < 1.29 is 9.59 Å². The van der Waals surface area contributed by atoms with E-state index in [0.29, 0.717) is 5.56 Å². The topological polar surface area (TPSA) is 80.4 Å². The zero-order chi connectivity index (χ0) is 23.5. The van der Waals surface area contributed by atoms with Crippen LogP contribution in [0.15, 0.2) is 54.6 Å². The van der Waals surface area contributed by atoms with Crippen molar-refractivity contribution in [2.24, 2.45) is 11.7 Å². The summed E-state index contributed by atoms with van der Waals surface area (Å²) in [7, 11) is 0. The molecule has 33 heavy (non-hydrogen) atoms. The van der Waals surface area contributed by atoms with E-state index in [2.05, 4.69) is 33.0 Å². The molecule has 0 aliphatic carbocycles. The summed E-state index contributed by atoms with van der Waals surface area (Å²) in [6, 6.07) is 18.1. The van der Waals surface area contributed by atoms with Gasteiger partial charge in [0, 0.05) is 29.5 Å². The Hall–Kier alpha value is -3.38. The van der Waals surface area contributed by atoms with Crippen molar-refractivity contribution in [1.82, 2.24) is 9.47 Å². The average molecular weight is 445 g/mol. The second-order valence-corrected chi connectivity index (χ2v) is 9.08. The van der Waals surface area contributed by atoms with Crippen LogP contribution >= 0.6 is 0 Å². The molecule has 172 valence electrons. The third-order valence-corrected chi connectivity index (χ3v) is 6.49. The number of amides is 2. The van der Waals surface area contributed by atoms with Gasteiger partial charge in [-0.15, -0.1) is 0 Å². The van der Waals surface area contributed by atoms with Crippen LogP contribution in [0.3, 0.4) is 0 Å². The van der Waals surface area contributed by atoms with Gasteiger partial charge >= 0.3 is 0 Å². The summed E-state index contributed by atoms with van der Waals surface area (Å²) in [6.45, 7) is 8.58. The molecule has 0 bridgehead atoms. The monoisotopic (exact) mass is 444 g/mol. The minimum atomic E-state index is -0.194. The molecule has 2 heterocycles. The van der Waals surface area contributed by atoms with Crippen LogP contribution in [0.25, 0.3) is 5.69 Å². The largest absolute Gasteiger partial charge is 0.369 e. The first-order valence-electron chi connectivity index (χ1n) is 11.5. The van der Waals surface area contributed by atoms with Gasteiger partial charge in [0.1, 0.15) is 0 Å². The second-order valence-electron chi connectivity index (χ2n) is 9.08. The number of hydrogen-bond acceptors (Lipinski definition) is 3. The fraction of sp³-hybridized carbons (Fsp3) is 0.333. The first kappa shape index (κ1) is 22.8. The second kappa shape index (κ2) is 9.63. The van der Waals surface area contributed by atoms with Crippen molar-refractivity contribution in [3.8, 4) is 5.69 Å². The van der Waals surface area contributed by atoms with Crippen molar-refractivity contribution >= 4 is 17.5 Å². The van der Waals surface area contributed by atoms with E-state index in [1.165, 1.54) is 0 Å². The fourth-order valence-electron chi connectivity index (χ4n) is 4.65. The number of hydrogen-bond donors (Lipinski definition) is 2. The number of aryl methyl sites for hydroxylation is 3. The highest BCUT2D eigenvalue weighted by Gasteiger charge is 2.23. The number of nitrogens with one attached hydrogen (secondary N) is 1. The normalized spacial score (nSPS) is 14.9. The van der Waals surface area contributed by atoms with Gasteiger partial charge in [0.15, 0.2) is 0 Å². The Morgan fingerprint density at radius 1 is 0.970 bits per heavy atom. The highest BCUT2D eigenvalue weighted by molar-refractivity contribution is 6.07. The summed E-state index contributed by atoms with van der Waals surface area (Å²) >= 11 is 0. The van der Waals surface area contributed by atoms with E-state index < -0.39 is 0 Å². The molecule has 0 spiro atoms. The van der Waals surface area contributed by atoms with Gasteiger partial charge in [-0.3, -0.25) is 14.5 Å². The quantitative estimate of drug-likeness (QED) is 0.593. The molecule has 6 heteroatoms. The van der Waals surface area contributed by atoms with Gasteiger partial charge in [-0.2, -0.15) is 0 Å². The molecule has 4 rings (SSSR count). The van der Waals surface area contributed by atoms with E-state index in [4.69, 9.17) is 5.73 Å². The third kappa shape index (κ3) is 5.17. The number of aromatic nitrogens is 1. The molecular formula is C27H32N4O2. The van der Waals surface area contributed by atoms with Crippen molar-refractivity contribution in [3.63, 3.8) is 0 Å². The van der Waals surface area contributed by atoms with E-state index in [-0.39, 0.29) is 17.7 Å². The van der Waals surface area contributed by atoms with Gasteiger partial charge in [0.25, 0.3) is 5.91 Å². The SMILES string of the molecule is Cc1ccc(-n2c(C)ccc2C)c(C(=O)Nc2cccc(CN3CCC(C(N)=O)CC3)c2)c1. The van der Waals surface area contributed by atoms with E-state index >= 15 is 0 Å². The minimum absolute atomic E-state index is 0.0111. The molecule has 3 aromatic rings. The Morgan fingerprint density at radius 2 is 1.67 bits per heavy atom. The summed E-state index contributed by atoms with van der Waals surface area (Å²) in [5, 5.41) is 3.09. The van der Waals surface area contributed by atoms with Gasteiger partial charge < -0.3 is 15.6 Å². The number of piperidine rings is 1. The molecule has 0 radical (unpaired) electrons. The Morgan fingerprint density at radius 3 is 2.33 bits per heavy atom. The van der Waals surface area contributed by atoms with Crippen LogP contribution in [0.5, 0.6) is 0 Å². The summed E-state index contributed by atoms with van der Waals surface area (Å²) in [6.07, 6.45) is 1.61. The average Bonchev–Trinajstić information content (AvgIpc) is 3.12. The van der Waals surface area contributed by atoms with Crippen molar-refractivity contribution in [3.05, 3.63) is 82.7 Å². The maximum Gasteiger partial charge on any atom is 0.257 e. The number of likely N-dealkylation sites (tertiary alicyclic amines) is 1. The number of primary amides is 1. The van der Waals surface area contributed by atoms with Crippen LogP contribution in [0.4, 0.5) is 5.69 Å². The molecule has 1 aliphatic heterocycles. The lowest BCUT2D eigenvalue weighted by Crippen LogP contribution is -2.38. The molecule has 3 N–H and O–H groups in total. The number of nitrogens with zero attached hydrogens (tertiary/aromatic N) is 2. The molecule has 1 saturated heterocycles. The van der Waals surface area contributed by atoms with Gasteiger partial charge in [0.2, 0.25) is 5.91 Å². The predicted octanol–water partition coefficient (Wildman–Crippen LogP) is 4.35. The lowest BCUT2D eigenvalue weighted by Gasteiger charge is -2.30. The van der Waals surface area contributed by atoms with E-state index in [9.17, 15) is 9.59 Å². The molecule has 0 atom stereocenters. The van der Waals surface area contributed by atoms with Crippen LogP contribution < -0.4 is 11.1 Å². The molecule has 0 saturated carbocycles. The minimum Gasteiger partial charge on any atom is -0.369 e. The third-order valence-electron chi connectivity index (χ3n) is 6.49. The smallest absolute Gasteiger partial charge is 0.257 e. The number of anilines is 1. The van der Waals surface area contributed by atoms with Gasteiger partial charge in [-0.1, -0.05) is 23.8 Å². The van der Waals surface area contributed by atoms with Crippen LogP contribution in [0, 0.1) is 26.7 Å². The maximum atomic E-state index is 13.3. The Kier molecular flexibility index (Phi) is 6.65. The van der Waals surface area contributed by atoms with Crippen LogP contribution in [-0.4, -0.2) is 34.4 Å². The van der Waals surface area contributed by atoms with Crippen LogP contribution in [0.2, 0.25) is 0 Å². The lowest BCUT2D eigenvalue weighted by molar-refractivity contribution is -0.123. The van der Waals surface area contributed by atoms with Crippen molar-refractivity contribution in [1.29, 1.82) is 0 Å². The standard InChI is InChI=1S/C27H32N4O2/c1-18-7-10-25(31-19(2)8-9-20(31)3)24(15-18)27(33)29-23-6-4-5-21(16-23)17-30-13-11-22(12-14-30)26(28)32/h4-10,15-16,22H,11-14,17H2,1-3H3,(H2,28,32)(H,29,33). The predicted molar refractivity (Wildman–Crippen MR) is 132 cm³/mol. The summed E-state index contributed by atoms with van der Waals surface area (Å²) < 4.78 is 2.11. The highest BCUT2D eigenvalue weighted by Crippen LogP contribution is 2.24. The summed E-state index contributed by atoms with van der Waals surface area (Å²) in [5.41, 5.74) is 12.1. The van der Waals surface area contributed by atoms with Gasteiger partial charge in [-0.25, -0.2) is 0 Å². The molecule has 6 nitrogen and oxygen atoms in total. The van der Waals surface area contributed by atoms with E-state index in [0.717, 1.165) is 66.4 Å². The highest BCUT2D eigenvalue weighted by atomic mass is 16.2. The van der Waals surface area contributed by atoms with Crippen LogP contribution in [0.1, 0.15) is 45.7 Å². The molecular weight excluding hydrogens is 412 g/mol. The summed E-state index contributed by atoms with van der Waals surface area (Å²) in [4.78, 5) is 27.1. The first-order valence-corrected chi connectivity index (χ1v) is 11.5. The van der Waals surface area contributed by atoms with E-state index in [1.807, 2.05) is 57.2 Å². The van der Waals surface area contributed by atoms with Crippen LogP contribution in [-0.2, 0) is 11.3 Å². The first-order chi connectivity index (χ1) is 15.8. The zero-order valence-electron chi connectivity index (χ0n) is 19.6. The Labute approximate surface area is 195 Å². The Balaban J connectivity index is 1.50. The summed E-state index contributed by atoms with van der Waals surface area (Å²) in [5.74, 6) is -0.330. The lowest BCUT2D eigenvalue weighted by atomic mass is 9.96. The van der Waals surface area contributed by atoms with Gasteiger partial charge in [-0.05, 0) is 88.7 Å². The molecule has 0 unspecified atom stereocenters. The number of nitrogens with two attached hydrogens (primary N) is 1.